The third kappa shape index (κ3) is 3.52. The lowest BCUT2D eigenvalue weighted by atomic mass is 10.1. The van der Waals surface area contributed by atoms with Gasteiger partial charge in [-0.1, -0.05) is 6.07 Å². The van der Waals surface area contributed by atoms with Gasteiger partial charge in [-0.25, -0.2) is 13.6 Å². The summed E-state index contributed by atoms with van der Waals surface area (Å²) in [7, 11) is -3.68. The van der Waals surface area contributed by atoms with Crippen LogP contribution in [-0.2, 0) is 10.0 Å². The van der Waals surface area contributed by atoms with Gasteiger partial charge in [0.15, 0.2) is 0 Å². The number of anilines is 1. The van der Waals surface area contributed by atoms with Gasteiger partial charge in [0.25, 0.3) is 0 Å². The van der Waals surface area contributed by atoms with Crippen LogP contribution >= 0.6 is 0 Å². The second-order valence-corrected chi connectivity index (χ2v) is 5.78. The molecular formula is C13H15N3O2S. The van der Waals surface area contributed by atoms with Crippen LogP contribution in [0, 0.1) is 0 Å². The molecule has 0 amide bonds. The van der Waals surface area contributed by atoms with Crippen LogP contribution in [0.3, 0.4) is 0 Å². The highest BCUT2D eigenvalue weighted by Gasteiger charge is 2.09. The van der Waals surface area contributed by atoms with Gasteiger partial charge >= 0.3 is 0 Å². The van der Waals surface area contributed by atoms with Gasteiger partial charge in [0.1, 0.15) is 0 Å². The molecule has 3 N–H and O–H groups in total. The molecule has 0 aliphatic heterocycles. The van der Waals surface area contributed by atoms with Gasteiger partial charge < -0.3 is 5.32 Å². The predicted molar refractivity (Wildman–Crippen MR) is 74.1 cm³/mol. The minimum absolute atomic E-state index is 0.0405. The second kappa shape index (κ2) is 5.38. The molecule has 2 aromatic rings. The molecule has 0 aliphatic rings. The third-order valence-corrected chi connectivity index (χ3v) is 3.66. The average Bonchev–Trinajstić information content (AvgIpc) is 2.39. The molecule has 0 saturated heterocycles. The second-order valence-electron chi connectivity index (χ2n) is 4.22. The minimum Gasteiger partial charge on any atom is -0.378 e. The highest BCUT2D eigenvalue weighted by molar-refractivity contribution is 7.89. The van der Waals surface area contributed by atoms with Crippen molar-refractivity contribution in [2.24, 2.45) is 5.14 Å². The smallest absolute Gasteiger partial charge is 0.238 e. The number of nitrogens with zero attached hydrogens (tertiary/aromatic N) is 1. The van der Waals surface area contributed by atoms with Crippen LogP contribution in [0.5, 0.6) is 0 Å². The molecule has 0 radical (unpaired) electrons. The van der Waals surface area contributed by atoms with E-state index in [1.54, 1.807) is 24.5 Å². The molecule has 19 heavy (non-hydrogen) atoms. The van der Waals surface area contributed by atoms with Crippen LogP contribution in [0.4, 0.5) is 5.69 Å². The number of rotatable bonds is 4. The van der Waals surface area contributed by atoms with Crippen molar-refractivity contribution in [3.05, 3.63) is 54.4 Å². The standard InChI is InChI=1S/C13H15N3O2S/c1-10(11-5-7-15-8-6-11)16-12-3-2-4-13(9-12)19(14,17)18/h2-10,16H,1H3,(H2,14,17,18). The fourth-order valence-corrected chi connectivity index (χ4v) is 2.31. The van der Waals surface area contributed by atoms with Crippen LogP contribution in [0.15, 0.2) is 53.7 Å². The number of nitrogens with one attached hydrogen (secondary N) is 1. The summed E-state index contributed by atoms with van der Waals surface area (Å²) in [6, 6.07) is 10.3. The maximum absolute atomic E-state index is 11.3. The van der Waals surface area contributed by atoms with Crippen LogP contribution in [0.25, 0.3) is 0 Å². The maximum Gasteiger partial charge on any atom is 0.238 e. The van der Waals surface area contributed by atoms with E-state index >= 15 is 0 Å². The van der Waals surface area contributed by atoms with Crippen molar-refractivity contribution in [2.45, 2.75) is 17.9 Å². The number of sulfonamides is 1. The van der Waals surface area contributed by atoms with Crippen molar-refractivity contribution in [1.29, 1.82) is 0 Å². The van der Waals surface area contributed by atoms with E-state index in [-0.39, 0.29) is 10.9 Å². The van der Waals surface area contributed by atoms with Gasteiger partial charge in [0.05, 0.1) is 4.90 Å². The molecule has 1 unspecified atom stereocenters. The molecule has 5 nitrogen and oxygen atoms in total. The van der Waals surface area contributed by atoms with Gasteiger partial charge in [0.2, 0.25) is 10.0 Å². The zero-order valence-corrected chi connectivity index (χ0v) is 11.3. The van der Waals surface area contributed by atoms with Crippen molar-refractivity contribution in [3.8, 4) is 0 Å². The van der Waals surface area contributed by atoms with E-state index in [9.17, 15) is 8.42 Å². The van der Waals surface area contributed by atoms with E-state index in [4.69, 9.17) is 5.14 Å². The van der Waals surface area contributed by atoms with Crippen molar-refractivity contribution < 1.29 is 8.42 Å². The number of aromatic nitrogens is 1. The van der Waals surface area contributed by atoms with Crippen LogP contribution in [0.2, 0.25) is 0 Å². The Balaban J connectivity index is 2.20. The lowest BCUT2D eigenvalue weighted by Gasteiger charge is -2.15. The number of primary sulfonamides is 1. The van der Waals surface area contributed by atoms with Gasteiger partial charge in [-0.2, -0.15) is 0 Å². The fourth-order valence-electron chi connectivity index (χ4n) is 1.75. The number of nitrogens with two attached hydrogens (primary N) is 1. The Morgan fingerprint density at radius 2 is 1.89 bits per heavy atom. The molecule has 0 fully saturated rings. The Hall–Kier alpha value is -1.92. The zero-order valence-electron chi connectivity index (χ0n) is 10.4. The molecule has 0 saturated carbocycles. The molecular weight excluding hydrogens is 262 g/mol. The zero-order chi connectivity index (χ0) is 13.9. The number of hydrogen-bond acceptors (Lipinski definition) is 4. The van der Waals surface area contributed by atoms with E-state index < -0.39 is 10.0 Å². The lowest BCUT2D eigenvalue weighted by molar-refractivity contribution is 0.598. The van der Waals surface area contributed by atoms with Crippen molar-refractivity contribution in [2.75, 3.05) is 5.32 Å². The van der Waals surface area contributed by atoms with Gasteiger partial charge in [-0.3, -0.25) is 4.98 Å². The first kappa shape index (κ1) is 13.5. The average molecular weight is 277 g/mol. The fraction of sp³-hybridized carbons (Fsp3) is 0.154. The summed E-state index contributed by atoms with van der Waals surface area (Å²) in [5.41, 5.74) is 1.77. The monoisotopic (exact) mass is 277 g/mol. The minimum atomic E-state index is -3.68. The van der Waals surface area contributed by atoms with Crippen LogP contribution in [0.1, 0.15) is 18.5 Å². The summed E-state index contributed by atoms with van der Waals surface area (Å²) >= 11 is 0. The summed E-state index contributed by atoms with van der Waals surface area (Å²) in [4.78, 5) is 4.05. The molecule has 1 aromatic heterocycles. The molecule has 2 rings (SSSR count). The van der Waals surface area contributed by atoms with Gasteiger partial charge in [-0.15, -0.1) is 0 Å². The number of benzene rings is 1. The summed E-state index contributed by atoms with van der Waals surface area (Å²) in [5.74, 6) is 0. The molecule has 100 valence electrons. The molecule has 0 bridgehead atoms. The first-order valence-electron chi connectivity index (χ1n) is 5.76. The molecule has 0 spiro atoms. The third-order valence-electron chi connectivity index (χ3n) is 2.75. The summed E-state index contributed by atoms with van der Waals surface area (Å²) < 4.78 is 22.6. The summed E-state index contributed by atoms with van der Waals surface area (Å²) in [6.45, 7) is 1.99. The van der Waals surface area contributed by atoms with Crippen LogP contribution < -0.4 is 10.5 Å². The topological polar surface area (TPSA) is 85.1 Å². The van der Waals surface area contributed by atoms with E-state index in [0.29, 0.717) is 5.69 Å². The van der Waals surface area contributed by atoms with Gasteiger partial charge in [0, 0.05) is 24.1 Å². The Bertz CT molecular complexity index is 657. The lowest BCUT2D eigenvalue weighted by Crippen LogP contribution is -2.13. The quantitative estimate of drug-likeness (QED) is 0.893. The Morgan fingerprint density at radius 3 is 2.53 bits per heavy atom. The molecule has 1 atom stereocenters. The van der Waals surface area contributed by atoms with E-state index in [2.05, 4.69) is 10.3 Å². The highest BCUT2D eigenvalue weighted by Crippen LogP contribution is 2.20. The van der Waals surface area contributed by atoms with E-state index in [1.807, 2.05) is 19.1 Å². The van der Waals surface area contributed by atoms with Crippen LogP contribution in [-0.4, -0.2) is 13.4 Å². The molecule has 0 aliphatic carbocycles. The van der Waals surface area contributed by atoms with E-state index in [0.717, 1.165) is 5.56 Å². The first-order chi connectivity index (χ1) is 8.97. The van der Waals surface area contributed by atoms with E-state index in [1.165, 1.54) is 12.1 Å². The molecule has 6 heteroatoms. The van der Waals surface area contributed by atoms with Crippen molar-refractivity contribution in [1.82, 2.24) is 4.98 Å². The number of pyridine rings is 1. The molecule has 1 heterocycles. The Kier molecular flexibility index (Phi) is 3.82. The summed E-state index contributed by atoms with van der Waals surface area (Å²) in [5, 5.41) is 8.33. The number of hydrogen-bond donors (Lipinski definition) is 2. The predicted octanol–water partition coefficient (Wildman–Crippen LogP) is 1.90. The molecule has 1 aromatic carbocycles. The maximum atomic E-state index is 11.3. The Labute approximate surface area is 112 Å². The first-order valence-corrected chi connectivity index (χ1v) is 7.31. The highest BCUT2D eigenvalue weighted by atomic mass is 32.2. The van der Waals surface area contributed by atoms with Crippen molar-refractivity contribution >= 4 is 15.7 Å². The normalized spacial score (nSPS) is 12.9. The summed E-state index contributed by atoms with van der Waals surface area (Å²) in [6.07, 6.45) is 3.43. The Morgan fingerprint density at radius 1 is 1.21 bits per heavy atom. The SMILES string of the molecule is CC(Nc1cccc(S(N)(=O)=O)c1)c1ccncc1. The largest absolute Gasteiger partial charge is 0.378 e. The van der Waals surface area contributed by atoms with Gasteiger partial charge in [-0.05, 0) is 42.8 Å². The van der Waals surface area contributed by atoms with Crippen molar-refractivity contribution in [3.63, 3.8) is 0 Å².